The third-order valence-electron chi connectivity index (χ3n) is 6.89. The second kappa shape index (κ2) is 7.41. The van der Waals surface area contributed by atoms with Gasteiger partial charge in [-0.2, -0.15) is 0 Å². The normalized spacial score (nSPS) is 33.1. The molecule has 0 bridgehead atoms. The van der Waals surface area contributed by atoms with Crippen LogP contribution in [0.2, 0.25) is 0 Å². The number of esters is 1. The zero-order chi connectivity index (χ0) is 18.0. The highest BCUT2D eigenvalue weighted by Crippen LogP contribution is 2.60. The van der Waals surface area contributed by atoms with E-state index >= 15 is 0 Å². The molecular formula is C21H34O3. The molecule has 0 heterocycles. The Morgan fingerprint density at radius 1 is 1.38 bits per heavy atom. The quantitative estimate of drug-likeness (QED) is 0.510. The third-order valence-corrected chi connectivity index (χ3v) is 6.89. The Morgan fingerprint density at radius 2 is 2.08 bits per heavy atom. The van der Waals surface area contributed by atoms with Crippen LogP contribution in [0.3, 0.4) is 0 Å². The number of ether oxygens (including phenoxy) is 1. The van der Waals surface area contributed by atoms with Crippen molar-refractivity contribution >= 4 is 12.3 Å². The molecule has 0 saturated heterocycles. The van der Waals surface area contributed by atoms with Gasteiger partial charge in [0.25, 0.3) is 0 Å². The predicted octanol–water partition coefficient (Wildman–Crippen LogP) is 4.94. The van der Waals surface area contributed by atoms with Gasteiger partial charge in [-0.05, 0) is 66.3 Å². The van der Waals surface area contributed by atoms with Crippen LogP contribution in [-0.4, -0.2) is 19.4 Å². The number of carbonyl (C=O) groups excluding carboxylic acids is 2. The maximum absolute atomic E-state index is 11.7. The molecule has 1 fully saturated rings. The van der Waals surface area contributed by atoms with Crippen molar-refractivity contribution in [1.29, 1.82) is 0 Å². The zero-order valence-corrected chi connectivity index (χ0v) is 16.1. The number of rotatable bonds is 6. The monoisotopic (exact) mass is 334 g/mol. The van der Waals surface area contributed by atoms with Gasteiger partial charge in [0.2, 0.25) is 0 Å². The lowest BCUT2D eigenvalue weighted by atomic mass is 9.48. The second-order valence-electron chi connectivity index (χ2n) is 8.97. The summed E-state index contributed by atoms with van der Waals surface area (Å²) in [5, 5.41) is 0. The van der Waals surface area contributed by atoms with Gasteiger partial charge in [0, 0.05) is 6.42 Å². The van der Waals surface area contributed by atoms with E-state index in [2.05, 4.69) is 33.8 Å². The first-order valence-electron chi connectivity index (χ1n) is 9.46. The summed E-state index contributed by atoms with van der Waals surface area (Å²) in [6.07, 6.45) is 10.5. The third kappa shape index (κ3) is 3.75. The minimum atomic E-state index is -0.139. The Bertz CT molecular complexity index is 505. The molecule has 2 rings (SSSR count). The van der Waals surface area contributed by atoms with Gasteiger partial charge in [0.15, 0.2) is 0 Å². The number of hydrogen-bond acceptors (Lipinski definition) is 3. The van der Waals surface area contributed by atoms with Gasteiger partial charge < -0.3 is 4.74 Å². The SMILES string of the molecule is COC(=O)CC(C)CCC1C(C=O)=CCC2C(C)(C)CCCC12C. The number of methoxy groups -OCH3 is 1. The largest absolute Gasteiger partial charge is 0.469 e. The highest BCUT2D eigenvalue weighted by Gasteiger charge is 2.52. The predicted molar refractivity (Wildman–Crippen MR) is 96.5 cm³/mol. The van der Waals surface area contributed by atoms with Crippen molar-refractivity contribution in [3.63, 3.8) is 0 Å². The molecule has 0 amide bonds. The molecule has 0 aromatic rings. The molecule has 2 aliphatic carbocycles. The first-order chi connectivity index (χ1) is 11.2. The van der Waals surface area contributed by atoms with Crippen LogP contribution < -0.4 is 0 Å². The fourth-order valence-electron chi connectivity index (χ4n) is 5.50. The first-order valence-corrected chi connectivity index (χ1v) is 9.46. The van der Waals surface area contributed by atoms with Gasteiger partial charge in [-0.15, -0.1) is 0 Å². The van der Waals surface area contributed by atoms with E-state index in [0.29, 0.717) is 29.6 Å². The van der Waals surface area contributed by atoms with Crippen molar-refractivity contribution in [3.8, 4) is 0 Å². The number of carbonyl (C=O) groups is 2. The fourth-order valence-corrected chi connectivity index (χ4v) is 5.50. The second-order valence-corrected chi connectivity index (χ2v) is 8.97. The van der Waals surface area contributed by atoms with E-state index in [4.69, 9.17) is 4.74 Å². The average molecular weight is 335 g/mol. The van der Waals surface area contributed by atoms with Crippen LogP contribution in [0.1, 0.15) is 72.6 Å². The first kappa shape index (κ1) is 19.2. The molecule has 0 aromatic carbocycles. The van der Waals surface area contributed by atoms with E-state index in [9.17, 15) is 9.59 Å². The Balaban J connectivity index is 2.15. The molecule has 0 radical (unpaired) electrons. The molecular weight excluding hydrogens is 300 g/mol. The molecule has 0 aromatic heterocycles. The Hall–Kier alpha value is -1.12. The standard InChI is InChI=1S/C21H34O3/c1-15(13-19(23)24-5)7-9-17-16(14-22)8-10-18-20(2,3)11-6-12-21(17,18)4/h8,14-15,17-18H,6-7,9-13H2,1-5H3. The van der Waals surface area contributed by atoms with Gasteiger partial charge in [-0.1, -0.05) is 40.2 Å². The Morgan fingerprint density at radius 3 is 2.71 bits per heavy atom. The van der Waals surface area contributed by atoms with Gasteiger partial charge >= 0.3 is 5.97 Å². The topological polar surface area (TPSA) is 43.4 Å². The summed E-state index contributed by atoms with van der Waals surface area (Å²) < 4.78 is 4.78. The van der Waals surface area contributed by atoms with E-state index < -0.39 is 0 Å². The zero-order valence-electron chi connectivity index (χ0n) is 16.1. The fraction of sp³-hybridized carbons (Fsp3) is 0.810. The van der Waals surface area contributed by atoms with Crippen molar-refractivity contribution in [2.75, 3.05) is 7.11 Å². The average Bonchev–Trinajstić information content (AvgIpc) is 2.51. The number of fused-ring (bicyclic) bond motifs is 1. The van der Waals surface area contributed by atoms with E-state index in [1.165, 1.54) is 26.4 Å². The minimum Gasteiger partial charge on any atom is -0.469 e. The molecule has 24 heavy (non-hydrogen) atoms. The summed E-state index contributed by atoms with van der Waals surface area (Å²) in [6, 6.07) is 0. The van der Waals surface area contributed by atoms with Crippen LogP contribution >= 0.6 is 0 Å². The van der Waals surface area contributed by atoms with Gasteiger partial charge in [0.05, 0.1) is 7.11 Å². The highest BCUT2D eigenvalue weighted by molar-refractivity contribution is 5.74. The maximum Gasteiger partial charge on any atom is 0.305 e. The van der Waals surface area contributed by atoms with Crippen molar-refractivity contribution in [2.24, 2.45) is 28.6 Å². The molecule has 0 N–H and O–H groups in total. The van der Waals surface area contributed by atoms with Crippen LogP contribution in [0.4, 0.5) is 0 Å². The van der Waals surface area contributed by atoms with E-state index in [-0.39, 0.29) is 11.4 Å². The molecule has 0 spiro atoms. The smallest absolute Gasteiger partial charge is 0.305 e. The van der Waals surface area contributed by atoms with Gasteiger partial charge in [-0.25, -0.2) is 0 Å². The Labute approximate surface area is 147 Å². The molecule has 1 saturated carbocycles. The minimum absolute atomic E-state index is 0.139. The molecule has 0 aliphatic heterocycles. The molecule has 2 aliphatic rings. The maximum atomic E-state index is 11.7. The van der Waals surface area contributed by atoms with Crippen molar-refractivity contribution in [1.82, 2.24) is 0 Å². The van der Waals surface area contributed by atoms with Crippen LogP contribution in [0.5, 0.6) is 0 Å². The van der Waals surface area contributed by atoms with E-state index in [1.807, 2.05) is 0 Å². The van der Waals surface area contributed by atoms with Crippen LogP contribution in [0, 0.1) is 28.6 Å². The lowest BCUT2D eigenvalue weighted by molar-refractivity contribution is -0.141. The van der Waals surface area contributed by atoms with Crippen LogP contribution in [0.25, 0.3) is 0 Å². The lowest BCUT2D eigenvalue weighted by Gasteiger charge is -2.56. The molecule has 4 unspecified atom stereocenters. The number of aldehydes is 1. The van der Waals surface area contributed by atoms with E-state index in [1.54, 1.807) is 0 Å². The number of hydrogen-bond donors (Lipinski definition) is 0. The van der Waals surface area contributed by atoms with Crippen LogP contribution in [0.15, 0.2) is 11.6 Å². The summed E-state index contributed by atoms with van der Waals surface area (Å²) >= 11 is 0. The molecule has 3 nitrogen and oxygen atoms in total. The van der Waals surface area contributed by atoms with Crippen LogP contribution in [-0.2, 0) is 14.3 Å². The summed E-state index contributed by atoms with van der Waals surface area (Å²) in [4.78, 5) is 23.2. The Kier molecular flexibility index (Phi) is 5.93. The van der Waals surface area contributed by atoms with Gasteiger partial charge in [-0.3, -0.25) is 9.59 Å². The molecule has 3 heteroatoms. The summed E-state index contributed by atoms with van der Waals surface area (Å²) in [7, 11) is 1.44. The highest BCUT2D eigenvalue weighted by atomic mass is 16.5. The summed E-state index contributed by atoms with van der Waals surface area (Å²) in [6.45, 7) is 9.30. The molecule has 136 valence electrons. The lowest BCUT2D eigenvalue weighted by Crippen LogP contribution is -2.48. The van der Waals surface area contributed by atoms with Crippen molar-refractivity contribution in [3.05, 3.63) is 11.6 Å². The van der Waals surface area contributed by atoms with Crippen molar-refractivity contribution < 1.29 is 14.3 Å². The number of allylic oxidation sites excluding steroid dienone is 2. The molecule has 4 atom stereocenters. The summed E-state index contributed by atoms with van der Waals surface area (Å²) in [5.74, 6) is 1.13. The van der Waals surface area contributed by atoms with Crippen molar-refractivity contribution in [2.45, 2.75) is 72.6 Å². The van der Waals surface area contributed by atoms with Gasteiger partial charge in [0.1, 0.15) is 6.29 Å². The van der Waals surface area contributed by atoms with E-state index in [0.717, 1.165) is 31.1 Å². The summed E-state index contributed by atoms with van der Waals surface area (Å²) in [5.41, 5.74) is 1.54.